The molecule has 0 radical (unpaired) electrons. The molecular formula is C21H23N3O3. The van der Waals surface area contributed by atoms with Gasteiger partial charge in [-0.2, -0.15) is 0 Å². The number of nitrogens with zero attached hydrogens (tertiary/aromatic N) is 2. The number of aromatic nitrogens is 2. The number of amides is 1. The smallest absolute Gasteiger partial charge is 0.336 e. The molecule has 1 N–H and O–H groups in total. The summed E-state index contributed by atoms with van der Waals surface area (Å²) in [4.78, 5) is 38.6. The Labute approximate surface area is 157 Å². The second-order valence-corrected chi connectivity index (χ2v) is 7.09. The van der Waals surface area contributed by atoms with Gasteiger partial charge < -0.3 is 5.32 Å². The molecule has 0 bridgehead atoms. The normalized spacial score (nSPS) is 11.1. The molecule has 1 amide bonds. The predicted octanol–water partition coefficient (Wildman–Crippen LogP) is 2.29. The molecule has 3 aromatic rings. The third-order valence-corrected chi connectivity index (χ3v) is 4.31. The lowest BCUT2D eigenvalue weighted by Crippen LogP contribution is -2.42. The summed E-state index contributed by atoms with van der Waals surface area (Å²) < 4.78 is 2.49. The highest BCUT2D eigenvalue weighted by Crippen LogP contribution is 2.13. The van der Waals surface area contributed by atoms with Gasteiger partial charge in [0.25, 0.3) is 5.56 Å². The molecule has 0 spiro atoms. The number of carbonyl (C=O) groups excluding carboxylic acids is 1. The van der Waals surface area contributed by atoms with Gasteiger partial charge >= 0.3 is 5.69 Å². The number of rotatable bonds is 4. The van der Waals surface area contributed by atoms with E-state index in [1.165, 1.54) is 4.57 Å². The number of aryl methyl sites for hydroxylation is 2. The number of carbonyl (C=O) groups is 1. The molecule has 0 aliphatic heterocycles. The summed E-state index contributed by atoms with van der Waals surface area (Å²) in [5.74, 6) is -0.275. The van der Waals surface area contributed by atoms with Crippen LogP contribution in [0.25, 0.3) is 16.6 Å². The fraction of sp³-hybridized carbons (Fsp3) is 0.286. The van der Waals surface area contributed by atoms with E-state index in [4.69, 9.17) is 0 Å². The summed E-state index contributed by atoms with van der Waals surface area (Å²) in [6, 6.07) is 12.5. The van der Waals surface area contributed by atoms with E-state index < -0.39 is 5.69 Å². The number of nitrogens with one attached hydrogen (secondary N) is 1. The number of hydrogen-bond donors (Lipinski definition) is 1. The van der Waals surface area contributed by atoms with Gasteiger partial charge in [-0.25, -0.2) is 9.36 Å². The zero-order chi connectivity index (χ0) is 19.7. The van der Waals surface area contributed by atoms with E-state index in [9.17, 15) is 14.4 Å². The van der Waals surface area contributed by atoms with Crippen molar-refractivity contribution in [2.75, 3.05) is 0 Å². The average molecular weight is 365 g/mol. The Bertz CT molecular complexity index is 1140. The Morgan fingerprint density at radius 1 is 1.04 bits per heavy atom. The van der Waals surface area contributed by atoms with E-state index in [0.717, 1.165) is 15.7 Å². The number of hydrogen-bond acceptors (Lipinski definition) is 3. The van der Waals surface area contributed by atoms with Crippen LogP contribution >= 0.6 is 0 Å². The van der Waals surface area contributed by atoms with E-state index in [-0.39, 0.29) is 24.1 Å². The van der Waals surface area contributed by atoms with Crippen LogP contribution in [0.5, 0.6) is 0 Å². The minimum absolute atomic E-state index is 0.0376. The maximum absolute atomic E-state index is 13.2. The van der Waals surface area contributed by atoms with Gasteiger partial charge in [0.05, 0.1) is 16.6 Å². The van der Waals surface area contributed by atoms with Crippen molar-refractivity contribution >= 4 is 16.8 Å². The molecule has 0 aliphatic rings. The Morgan fingerprint density at radius 3 is 2.41 bits per heavy atom. The van der Waals surface area contributed by atoms with Crippen LogP contribution in [0.2, 0.25) is 0 Å². The molecule has 0 saturated carbocycles. The Balaban J connectivity index is 2.32. The van der Waals surface area contributed by atoms with Gasteiger partial charge in [0.1, 0.15) is 6.54 Å². The lowest BCUT2D eigenvalue weighted by Gasteiger charge is -2.15. The molecule has 0 unspecified atom stereocenters. The summed E-state index contributed by atoms with van der Waals surface area (Å²) >= 11 is 0. The van der Waals surface area contributed by atoms with Crippen LogP contribution < -0.4 is 16.6 Å². The summed E-state index contributed by atoms with van der Waals surface area (Å²) in [5, 5.41) is 3.20. The van der Waals surface area contributed by atoms with E-state index in [0.29, 0.717) is 16.6 Å². The zero-order valence-electron chi connectivity index (χ0n) is 15.9. The fourth-order valence-electron chi connectivity index (χ4n) is 3.15. The van der Waals surface area contributed by atoms with Crippen LogP contribution in [0.1, 0.15) is 25.0 Å². The number of benzene rings is 2. The first kappa shape index (κ1) is 18.6. The third-order valence-electron chi connectivity index (χ3n) is 4.31. The molecule has 6 nitrogen and oxygen atoms in total. The van der Waals surface area contributed by atoms with Gasteiger partial charge in [0.15, 0.2) is 0 Å². The minimum Gasteiger partial charge on any atom is -0.352 e. The molecule has 0 aliphatic carbocycles. The summed E-state index contributed by atoms with van der Waals surface area (Å²) in [7, 11) is 0. The lowest BCUT2D eigenvalue weighted by atomic mass is 10.1. The molecular weight excluding hydrogens is 342 g/mol. The first-order chi connectivity index (χ1) is 12.8. The van der Waals surface area contributed by atoms with Crippen LogP contribution in [-0.4, -0.2) is 21.1 Å². The molecule has 1 aromatic heterocycles. The fourth-order valence-corrected chi connectivity index (χ4v) is 3.15. The van der Waals surface area contributed by atoms with Crippen molar-refractivity contribution < 1.29 is 4.79 Å². The summed E-state index contributed by atoms with van der Waals surface area (Å²) in [6.07, 6.45) is 0. The van der Waals surface area contributed by atoms with E-state index in [1.54, 1.807) is 30.3 Å². The molecule has 0 saturated heterocycles. The average Bonchev–Trinajstić information content (AvgIpc) is 2.58. The molecule has 140 valence electrons. The van der Waals surface area contributed by atoms with Crippen LogP contribution in [0, 0.1) is 13.8 Å². The summed E-state index contributed by atoms with van der Waals surface area (Å²) in [6.45, 7) is 7.35. The van der Waals surface area contributed by atoms with E-state index >= 15 is 0 Å². The van der Waals surface area contributed by atoms with Gasteiger partial charge in [0.2, 0.25) is 5.91 Å². The first-order valence-corrected chi connectivity index (χ1v) is 8.90. The Kier molecular flexibility index (Phi) is 4.99. The van der Waals surface area contributed by atoms with Crippen molar-refractivity contribution in [1.29, 1.82) is 0 Å². The van der Waals surface area contributed by atoms with Crippen molar-refractivity contribution in [2.24, 2.45) is 0 Å². The quantitative estimate of drug-likeness (QED) is 0.771. The zero-order valence-corrected chi connectivity index (χ0v) is 15.9. The molecule has 2 aromatic carbocycles. The second kappa shape index (κ2) is 7.23. The van der Waals surface area contributed by atoms with Gasteiger partial charge in [0, 0.05) is 6.04 Å². The molecule has 0 atom stereocenters. The minimum atomic E-state index is -0.527. The van der Waals surface area contributed by atoms with Crippen molar-refractivity contribution in [3.05, 3.63) is 74.4 Å². The van der Waals surface area contributed by atoms with Crippen molar-refractivity contribution in [3.8, 4) is 5.69 Å². The lowest BCUT2D eigenvalue weighted by molar-refractivity contribution is -0.122. The molecule has 0 fully saturated rings. The monoisotopic (exact) mass is 365 g/mol. The highest BCUT2D eigenvalue weighted by Gasteiger charge is 2.17. The first-order valence-electron chi connectivity index (χ1n) is 8.90. The molecule has 27 heavy (non-hydrogen) atoms. The van der Waals surface area contributed by atoms with Crippen molar-refractivity contribution in [3.63, 3.8) is 0 Å². The second-order valence-electron chi connectivity index (χ2n) is 7.09. The molecule has 6 heteroatoms. The standard InChI is InChI=1S/C21H23N3O3/c1-13(2)22-19(25)12-23-18-9-8-15(4)11-17(18)20(26)24(21(23)27)16-7-5-6-14(3)10-16/h5-11,13H,12H2,1-4H3,(H,22,25). The SMILES string of the molecule is Cc1cccc(-n2c(=O)c3cc(C)ccc3n(CC(=O)NC(C)C)c2=O)c1. The largest absolute Gasteiger partial charge is 0.352 e. The topological polar surface area (TPSA) is 73.1 Å². The Morgan fingerprint density at radius 2 is 1.74 bits per heavy atom. The molecule has 3 rings (SSSR count). The number of fused-ring (bicyclic) bond motifs is 1. The maximum Gasteiger partial charge on any atom is 0.336 e. The van der Waals surface area contributed by atoms with Crippen molar-refractivity contribution in [2.45, 2.75) is 40.3 Å². The Hall–Kier alpha value is -3.15. The van der Waals surface area contributed by atoms with Crippen LogP contribution in [0.15, 0.2) is 52.1 Å². The molecule has 1 heterocycles. The van der Waals surface area contributed by atoms with Crippen LogP contribution in [0.4, 0.5) is 0 Å². The van der Waals surface area contributed by atoms with Gasteiger partial charge in [-0.15, -0.1) is 0 Å². The van der Waals surface area contributed by atoms with Gasteiger partial charge in [-0.3, -0.25) is 14.2 Å². The predicted molar refractivity (Wildman–Crippen MR) is 107 cm³/mol. The van der Waals surface area contributed by atoms with E-state index in [2.05, 4.69) is 5.32 Å². The summed E-state index contributed by atoms with van der Waals surface area (Å²) in [5.41, 5.74) is 1.88. The van der Waals surface area contributed by atoms with Crippen LogP contribution in [0.3, 0.4) is 0 Å². The third kappa shape index (κ3) is 3.69. The van der Waals surface area contributed by atoms with Gasteiger partial charge in [-0.05, 0) is 57.5 Å². The van der Waals surface area contributed by atoms with Gasteiger partial charge in [-0.1, -0.05) is 23.8 Å². The van der Waals surface area contributed by atoms with E-state index in [1.807, 2.05) is 39.8 Å². The maximum atomic E-state index is 13.2. The van der Waals surface area contributed by atoms with Crippen molar-refractivity contribution in [1.82, 2.24) is 14.5 Å². The highest BCUT2D eigenvalue weighted by molar-refractivity contribution is 5.82. The van der Waals surface area contributed by atoms with Crippen LogP contribution in [-0.2, 0) is 11.3 Å². The highest BCUT2D eigenvalue weighted by atomic mass is 16.2.